The number of amides is 1. The van der Waals surface area contributed by atoms with Crippen molar-refractivity contribution in [2.45, 2.75) is 50.2 Å². The highest BCUT2D eigenvalue weighted by molar-refractivity contribution is 8.77. The highest BCUT2D eigenvalue weighted by Gasteiger charge is 2.15. The van der Waals surface area contributed by atoms with E-state index >= 15 is 0 Å². The van der Waals surface area contributed by atoms with Gasteiger partial charge in [-0.25, -0.2) is 0 Å². The summed E-state index contributed by atoms with van der Waals surface area (Å²) < 4.78 is 0. The topological polar surface area (TPSA) is 66.4 Å². The van der Waals surface area contributed by atoms with Gasteiger partial charge in [0.1, 0.15) is 0 Å². The summed E-state index contributed by atoms with van der Waals surface area (Å²) >= 11 is 0. The molecule has 4 nitrogen and oxygen atoms in total. The van der Waals surface area contributed by atoms with Crippen LogP contribution in [0.4, 0.5) is 0 Å². The number of hydrogen-bond acceptors (Lipinski definition) is 4. The van der Waals surface area contributed by atoms with Crippen LogP contribution < -0.4 is 5.32 Å². The Morgan fingerprint density at radius 2 is 2.06 bits per heavy atom. The number of carboxylic acids is 1. The first-order valence-electron chi connectivity index (χ1n) is 6.45. The molecule has 0 saturated carbocycles. The molecule has 6 heteroatoms. The van der Waals surface area contributed by atoms with E-state index in [0.717, 1.165) is 18.1 Å². The van der Waals surface area contributed by atoms with Crippen molar-refractivity contribution in [1.82, 2.24) is 5.32 Å². The Hall–Kier alpha value is -0.360. The van der Waals surface area contributed by atoms with Crippen LogP contribution in [0.3, 0.4) is 0 Å². The Balaban J connectivity index is 1.88. The lowest BCUT2D eigenvalue weighted by Gasteiger charge is -2.07. The van der Waals surface area contributed by atoms with E-state index in [9.17, 15) is 9.59 Å². The summed E-state index contributed by atoms with van der Waals surface area (Å²) in [7, 11) is 3.93. The van der Waals surface area contributed by atoms with Crippen molar-refractivity contribution >= 4 is 33.5 Å². The van der Waals surface area contributed by atoms with Crippen LogP contribution in [0.1, 0.15) is 44.9 Å². The number of nitrogens with one attached hydrogen (secondary N) is 1. The molecule has 1 rings (SSSR count). The van der Waals surface area contributed by atoms with E-state index in [0.29, 0.717) is 19.4 Å². The minimum Gasteiger partial charge on any atom is -0.481 e. The second kappa shape index (κ2) is 9.55. The summed E-state index contributed by atoms with van der Waals surface area (Å²) in [6.07, 6.45) is 5.76. The van der Waals surface area contributed by atoms with Gasteiger partial charge in [-0.1, -0.05) is 28.0 Å². The molecule has 0 aliphatic carbocycles. The molecule has 0 radical (unpaired) electrons. The molecular weight excluding hydrogens is 270 g/mol. The third kappa shape index (κ3) is 7.87. The molecular formula is C12H21NO3S2. The van der Waals surface area contributed by atoms with Crippen LogP contribution in [-0.2, 0) is 9.59 Å². The maximum absolute atomic E-state index is 11.4. The zero-order valence-electron chi connectivity index (χ0n) is 10.5. The molecule has 104 valence electrons. The summed E-state index contributed by atoms with van der Waals surface area (Å²) in [5.74, 6) is 0.504. The molecule has 1 amide bonds. The molecule has 0 aromatic carbocycles. The SMILES string of the molecule is O=C(O)CCCNC(=O)CCCCC1CCSS1. The molecule has 1 heterocycles. The molecule has 0 aromatic rings. The molecule has 18 heavy (non-hydrogen) atoms. The maximum atomic E-state index is 11.4. The number of rotatable bonds is 9. The standard InChI is InChI=1S/C12H21NO3S2/c14-11(13-8-3-6-12(15)16)5-2-1-4-10-7-9-17-18-10/h10H,1-9H2,(H,13,14)(H,15,16). The second-order valence-corrected chi connectivity index (χ2v) is 7.21. The Morgan fingerprint density at radius 1 is 1.22 bits per heavy atom. The maximum Gasteiger partial charge on any atom is 0.303 e. The smallest absolute Gasteiger partial charge is 0.303 e. The number of unbranched alkanes of at least 4 members (excludes halogenated alkanes) is 1. The van der Waals surface area contributed by atoms with Gasteiger partial charge in [0.25, 0.3) is 0 Å². The molecule has 1 unspecified atom stereocenters. The van der Waals surface area contributed by atoms with Crippen molar-refractivity contribution in [2.24, 2.45) is 0 Å². The number of aliphatic carboxylic acids is 1. The lowest BCUT2D eigenvalue weighted by molar-refractivity contribution is -0.137. The molecule has 1 atom stereocenters. The monoisotopic (exact) mass is 291 g/mol. The van der Waals surface area contributed by atoms with Crippen LogP contribution in [0.2, 0.25) is 0 Å². The Kier molecular flexibility index (Phi) is 8.33. The van der Waals surface area contributed by atoms with Gasteiger partial charge in [0.05, 0.1) is 0 Å². The molecule has 0 aromatic heterocycles. The molecule has 0 bridgehead atoms. The van der Waals surface area contributed by atoms with Gasteiger partial charge in [0, 0.05) is 30.4 Å². The van der Waals surface area contributed by atoms with Crippen molar-refractivity contribution in [3.8, 4) is 0 Å². The number of carbonyl (C=O) groups excluding carboxylic acids is 1. The Labute approximate surface area is 116 Å². The molecule has 1 fully saturated rings. The fourth-order valence-corrected chi connectivity index (χ4v) is 4.81. The van der Waals surface area contributed by atoms with E-state index < -0.39 is 5.97 Å². The highest BCUT2D eigenvalue weighted by Crippen LogP contribution is 2.39. The van der Waals surface area contributed by atoms with E-state index in [1.807, 2.05) is 21.6 Å². The normalized spacial score (nSPS) is 18.8. The van der Waals surface area contributed by atoms with E-state index in [1.54, 1.807) is 0 Å². The average Bonchev–Trinajstić information content (AvgIpc) is 2.83. The molecule has 0 spiro atoms. The van der Waals surface area contributed by atoms with E-state index in [2.05, 4.69) is 5.32 Å². The van der Waals surface area contributed by atoms with Crippen molar-refractivity contribution in [3.05, 3.63) is 0 Å². The lowest BCUT2D eigenvalue weighted by atomic mass is 10.1. The predicted molar refractivity (Wildman–Crippen MR) is 76.8 cm³/mol. The Bertz CT molecular complexity index is 268. The van der Waals surface area contributed by atoms with Gasteiger partial charge in [-0.3, -0.25) is 9.59 Å². The summed E-state index contributed by atoms with van der Waals surface area (Å²) in [5.41, 5.74) is 0. The lowest BCUT2D eigenvalue weighted by Crippen LogP contribution is -2.24. The fourth-order valence-electron chi connectivity index (χ4n) is 1.78. The summed E-state index contributed by atoms with van der Waals surface area (Å²) in [6.45, 7) is 0.472. The van der Waals surface area contributed by atoms with Crippen LogP contribution in [0, 0.1) is 0 Å². The van der Waals surface area contributed by atoms with Crippen LogP contribution in [-0.4, -0.2) is 34.5 Å². The zero-order chi connectivity index (χ0) is 13.2. The van der Waals surface area contributed by atoms with Gasteiger partial charge < -0.3 is 10.4 Å². The first-order valence-corrected chi connectivity index (χ1v) is 8.83. The van der Waals surface area contributed by atoms with E-state index in [4.69, 9.17) is 5.11 Å². The first-order chi connectivity index (χ1) is 8.68. The van der Waals surface area contributed by atoms with E-state index in [1.165, 1.54) is 18.6 Å². The van der Waals surface area contributed by atoms with Crippen LogP contribution >= 0.6 is 21.6 Å². The van der Waals surface area contributed by atoms with Crippen molar-refractivity contribution in [1.29, 1.82) is 0 Å². The van der Waals surface area contributed by atoms with Gasteiger partial charge in [0.2, 0.25) is 5.91 Å². The van der Waals surface area contributed by atoms with Gasteiger partial charge in [-0.05, 0) is 25.7 Å². The molecule has 1 aliphatic rings. The van der Waals surface area contributed by atoms with Crippen LogP contribution in [0.5, 0.6) is 0 Å². The van der Waals surface area contributed by atoms with Crippen LogP contribution in [0.15, 0.2) is 0 Å². The number of hydrogen-bond donors (Lipinski definition) is 2. The van der Waals surface area contributed by atoms with Crippen molar-refractivity contribution in [3.63, 3.8) is 0 Å². The Morgan fingerprint density at radius 3 is 2.72 bits per heavy atom. The molecule has 2 N–H and O–H groups in total. The van der Waals surface area contributed by atoms with Crippen molar-refractivity contribution < 1.29 is 14.7 Å². The third-order valence-electron chi connectivity index (χ3n) is 2.80. The third-order valence-corrected chi connectivity index (χ3v) is 5.80. The largest absolute Gasteiger partial charge is 0.481 e. The minimum atomic E-state index is -0.809. The van der Waals surface area contributed by atoms with Gasteiger partial charge >= 0.3 is 5.97 Å². The summed E-state index contributed by atoms with van der Waals surface area (Å²) in [5, 5.41) is 12.0. The van der Waals surface area contributed by atoms with Gasteiger partial charge in [-0.2, -0.15) is 0 Å². The first kappa shape index (κ1) is 15.7. The minimum absolute atomic E-state index is 0.0499. The van der Waals surface area contributed by atoms with Crippen LogP contribution in [0.25, 0.3) is 0 Å². The highest BCUT2D eigenvalue weighted by atomic mass is 33.1. The summed E-state index contributed by atoms with van der Waals surface area (Å²) in [4.78, 5) is 21.7. The molecule has 1 saturated heterocycles. The zero-order valence-corrected chi connectivity index (χ0v) is 12.2. The molecule has 1 aliphatic heterocycles. The predicted octanol–water partition coefficient (Wildman–Crippen LogP) is 2.68. The van der Waals surface area contributed by atoms with Gasteiger partial charge in [-0.15, -0.1) is 0 Å². The second-order valence-electron chi connectivity index (χ2n) is 4.42. The average molecular weight is 291 g/mol. The fraction of sp³-hybridized carbons (Fsp3) is 0.833. The summed E-state index contributed by atoms with van der Waals surface area (Å²) in [6, 6.07) is 0. The number of carboxylic acid groups (broad SMARTS) is 1. The van der Waals surface area contributed by atoms with Crippen molar-refractivity contribution in [2.75, 3.05) is 12.3 Å². The van der Waals surface area contributed by atoms with Gasteiger partial charge in [0.15, 0.2) is 0 Å². The van der Waals surface area contributed by atoms with E-state index in [-0.39, 0.29) is 12.3 Å². The number of carbonyl (C=O) groups is 2. The quantitative estimate of drug-likeness (QED) is 0.505.